The molecule has 1 saturated carbocycles. The summed E-state index contributed by atoms with van der Waals surface area (Å²) in [5.41, 5.74) is 0. The summed E-state index contributed by atoms with van der Waals surface area (Å²) in [6.45, 7) is 7.44. The molecule has 0 spiro atoms. The highest BCUT2D eigenvalue weighted by atomic mass is 15.2. The standard InChI is InChI=1S/C11H21N/c1-8(2)4-5-9-10-6-12(3)7-11(9)10/h8-11H,4-7H2,1-3H3. The molecule has 70 valence electrons. The number of piperidine rings is 1. The average Bonchev–Trinajstić information content (AvgIpc) is 2.42. The van der Waals surface area contributed by atoms with E-state index < -0.39 is 0 Å². The van der Waals surface area contributed by atoms with Crippen LogP contribution in [-0.2, 0) is 0 Å². The molecule has 12 heavy (non-hydrogen) atoms. The van der Waals surface area contributed by atoms with E-state index in [9.17, 15) is 0 Å². The summed E-state index contributed by atoms with van der Waals surface area (Å²) >= 11 is 0. The maximum Gasteiger partial charge on any atom is 0.00127 e. The third kappa shape index (κ3) is 1.52. The molecule has 2 fully saturated rings. The molecule has 0 N–H and O–H groups in total. The van der Waals surface area contributed by atoms with E-state index in [2.05, 4.69) is 25.8 Å². The van der Waals surface area contributed by atoms with E-state index in [1.807, 2.05) is 0 Å². The van der Waals surface area contributed by atoms with E-state index in [0.717, 1.165) is 23.7 Å². The van der Waals surface area contributed by atoms with Gasteiger partial charge in [0, 0.05) is 13.1 Å². The van der Waals surface area contributed by atoms with Crippen LogP contribution in [0.4, 0.5) is 0 Å². The van der Waals surface area contributed by atoms with Crippen molar-refractivity contribution in [3.8, 4) is 0 Å². The zero-order valence-corrected chi connectivity index (χ0v) is 8.59. The molecule has 1 saturated heterocycles. The first-order chi connectivity index (χ1) is 5.68. The summed E-state index contributed by atoms with van der Waals surface area (Å²) in [6, 6.07) is 0. The van der Waals surface area contributed by atoms with Crippen LogP contribution in [0.3, 0.4) is 0 Å². The van der Waals surface area contributed by atoms with Crippen LogP contribution in [0.5, 0.6) is 0 Å². The predicted molar refractivity (Wildman–Crippen MR) is 52.0 cm³/mol. The first kappa shape index (κ1) is 8.55. The van der Waals surface area contributed by atoms with Crippen molar-refractivity contribution in [2.45, 2.75) is 26.7 Å². The molecular weight excluding hydrogens is 146 g/mol. The number of nitrogens with zero attached hydrogens (tertiary/aromatic N) is 1. The van der Waals surface area contributed by atoms with Crippen LogP contribution in [0, 0.1) is 23.7 Å². The van der Waals surface area contributed by atoms with Crippen LogP contribution in [0.25, 0.3) is 0 Å². The molecule has 1 aliphatic carbocycles. The van der Waals surface area contributed by atoms with Gasteiger partial charge in [-0.3, -0.25) is 0 Å². The van der Waals surface area contributed by atoms with Crippen molar-refractivity contribution in [1.82, 2.24) is 4.90 Å². The minimum absolute atomic E-state index is 0.907. The predicted octanol–water partition coefficient (Wildman–Crippen LogP) is 2.23. The van der Waals surface area contributed by atoms with Crippen molar-refractivity contribution in [3.05, 3.63) is 0 Å². The lowest BCUT2D eigenvalue weighted by Crippen LogP contribution is -2.19. The van der Waals surface area contributed by atoms with Crippen LogP contribution in [-0.4, -0.2) is 25.0 Å². The van der Waals surface area contributed by atoms with E-state index in [1.54, 1.807) is 0 Å². The van der Waals surface area contributed by atoms with Gasteiger partial charge in [0.25, 0.3) is 0 Å². The summed E-state index contributed by atoms with van der Waals surface area (Å²) < 4.78 is 0. The van der Waals surface area contributed by atoms with E-state index in [4.69, 9.17) is 0 Å². The minimum Gasteiger partial charge on any atom is -0.306 e. The highest BCUT2D eigenvalue weighted by Gasteiger charge is 2.53. The lowest BCUT2D eigenvalue weighted by atomic mass is 10.0. The SMILES string of the molecule is CC(C)CCC1C2CN(C)CC12. The van der Waals surface area contributed by atoms with Gasteiger partial charge >= 0.3 is 0 Å². The summed E-state index contributed by atoms with van der Waals surface area (Å²) in [5, 5.41) is 0. The molecule has 0 aromatic carbocycles. The number of likely N-dealkylation sites (tertiary alicyclic amines) is 1. The highest BCUT2D eigenvalue weighted by molar-refractivity contribution is 5.03. The number of rotatable bonds is 3. The van der Waals surface area contributed by atoms with Gasteiger partial charge in [-0.05, 0) is 37.1 Å². The Morgan fingerprint density at radius 3 is 2.33 bits per heavy atom. The molecule has 1 aliphatic heterocycles. The van der Waals surface area contributed by atoms with Crippen molar-refractivity contribution in [2.75, 3.05) is 20.1 Å². The normalized spacial score (nSPS) is 40.5. The molecule has 0 aromatic heterocycles. The third-order valence-electron chi connectivity index (χ3n) is 3.63. The molecule has 2 rings (SSSR count). The monoisotopic (exact) mass is 167 g/mol. The van der Waals surface area contributed by atoms with Crippen molar-refractivity contribution in [3.63, 3.8) is 0 Å². The largest absolute Gasteiger partial charge is 0.306 e. The highest BCUT2D eigenvalue weighted by Crippen LogP contribution is 2.53. The summed E-state index contributed by atoms with van der Waals surface area (Å²) in [6.07, 6.45) is 2.95. The third-order valence-corrected chi connectivity index (χ3v) is 3.63. The Labute approximate surface area is 76.1 Å². The molecule has 0 bridgehead atoms. The smallest absolute Gasteiger partial charge is 0.00127 e. The Balaban J connectivity index is 1.69. The molecular formula is C11H21N. The molecule has 2 atom stereocenters. The zero-order valence-electron chi connectivity index (χ0n) is 8.59. The number of fused-ring (bicyclic) bond motifs is 1. The molecule has 0 aromatic rings. The number of hydrogen-bond donors (Lipinski definition) is 0. The van der Waals surface area contributed by atoms with E-state index in [1.165, 1.54) is 25.9 Å². The van der Waals surface area contributed by atoms with E-state index in [-0.39, 0.29) is 0 Å². The maximum atomic E-state index is 2.49. The summed E-state index contributed by atoms with van der Waals surface area (Å²) in [4.78, 5) is 2.49. The first-order valence-electron chi connectivity index (χ1n) is 5.37. The first-order valence-corrected chi connectivity index (χ1v) is 5.37. The molecule has 2 unspecified atom stereocenters. The molecule has 1 heterocycles. The van der Waals surface area contributed by atoms with Gasteiger partial charge in [-0.1, -0.05) is 20.3 Å². The zero-order chi connectivity index (χ0) is 8.72. The Kier molecular flexibility index (Phi) is 2.16. The Hall–Kier alpha value is -0.0400. The van der Waals surface area contributed by atoms with Crippen molar-refractivity contribution in [1.29, 1.82) is 0 Å². The van der Waals surface area contributed by atoms with Crippen molar-refractivity contribution in [2.24, 2.45) is 23.7 Å². The van der Waals surface area contributed by atoms with E-state index in [0.29, 0.717) is 0 Å². The van der Waals surface area contributed by atoms with E-state index >= 15 is 0 Å². The van der Waals surface area contributed by atoms with Crippen molar-refractivity contribution >= 4 is 0 Å². The minimum atomic E-state index is 0.907. The molecule has 2 aliphatic rings. The van der Waals surface area contributed by atoms with Gasteiger partial charge in [-0.15, -0.1) is 0 Å². The quantitative estimate of drug-likeness (QED) is 0.623. The summed E-state index contributed by atoms with van der Waals surface area (Å²) in [5.74, 6) is 4.20. The lowest BCUT2D eigenvalue weighted by molar-refractivity contribution is 0.331. The Morgan fingerprint density at radius 2 is 1.83 bits per heavy atom. The molecule has 1 nitrogen and oxygen atoms in total. The van der Waals surface area contributed by atoms with Gasteiger partial charge in [-0.2, -0.15) is 0 Å². The maximum absolute atomic E-state index is 2.49. The lowest BCUT2D eigenvalue weighted by Gasteiger charge is -2.13. The van der Waals surface area contributed by atoms with Crippen LogP contribution in [0.2, 0.25) is 0 Å². The topological polar surface area (TPSA) is 3.24 Å². The van der Waals surface area contributed by atoms with Gasteiger partial charge < -0.3 is 4.90 Å². The van der Waals surface area contributed by atoms with Crippen LogP contribution < -0.4 is 0 Å². The second kappa shape index (κ2) is 3.02. The fraction of sp³-hybridized carbons (Fsp3) is 1.00. The Morgan fingerprint density at radius 1 is 1.25 bits per heavy atom. The average molecular weight is 167 g/mol. The van der Waals surface area contributed by atoms with Gasteiger partial charge in [0.2, 0.25) is 0 Å². The van der Waals surface area contributed by atoms with Gasteiger partial charge in [0.05, 0.1) is 0 Å². The second-order valence-electron chi connectivity index (χ2n) is 5.18. The second-order valence-corrected chi connectivity index (χ2v) is 5.18. The molecule has 0 radical (unpaired) electrons. The fourth-order valence-corrected chi connectivity index (χ4v) is 2.81. The van der Waals surface area contributed by atoms with Crippen molar-refractivity contribution < 1.29 is 0 Å². The number of hydrogen-bond acceptors (Lipinski definition) is 1. The van der Waals surface area contributed by atoms with Crippen LogP contribution in [0.1, 0.15) is 26.7 Å². The Bertz CT molecular complexity index is 152. The van der Waals surface area contributed by atoms with Gasteiger partial charge in [0.15, 0.2) is 0 Å². The fourth-order valence-electron chi connectivity index (χ4n) is 2.81. The van der Waals surface area contributed by atoms with Gasteiger partial charge in [0.1, 0.15) is 0 Å². The van der Waals surface area contributed by atoms with Gasteiger partial charge in [-0.25, -0.2) is 0 Å². The molecule has 0 amide bonds. The van der Waals surface area contributed by atoms with Crippen LogP contribution in [0.15, 0.2) is 0 Å². The van der Waals surface area contributed by atoms with Crippen LogP contribution >= 0.6 is 0 Å². The summed E-state index contributed by atoms with van der Waals surface area (Å²) in [7, 11) is 2.26. The molecule has 1 heteroatoms.